The fraction of sp³-hybridized carbons (Fsp3) is 0.182. The Bertz CT molecular complexity index is 1160. The first-order chi connectivity index (χ1) is 13.5. The minimum absolute atomic E-state index is 0.132. The van der Waals surface area contributed by atoms with Crippen LogP contribution < -0.4 is 5.32 Å². The van der Waals surface area contributed by atoms with Gasteiger partial charge in [0.25, 0.3) is 5.91 Å². The lowest BCUT2D eigenvalue weighted by Crippen LogP contribution is -2.25. The number of fused-ring (bicyclic) bond motifs is 1. The summed E-state index contributed by atoms with van der Waals surface area (Å²) in [4.78, 5) is 12.6. The molecule has 0 spiro atoms. The second-order valence-corrected chi connectivity index (χ2v) is 6.97. The number of nitrogens with one attached hydrogen (secondary N) is 1. The Morgan fingerprint density at radius 3 is 2.46 bits per heavy atom. The average Bonchev–Trinajstić information content (AvgIpc) is 3.11. The Balaban J connectivity index is 1.59. The van der Waals surface area contributed by atoms with Crippen LogP contribution >= 0.6 is 0 Å². The zero-order chi connectivity index (χ0) is 19.7. The maximum atomic E-state index is 12.6. The number of benzene rings is 2. The standard InChI is InChI=1S/C22H21N5O/c1-14-5-8-17(9-6-14)19-10-11-20-24-25-21(27(20)26-19)13-23-22(28)18-12-15(2)4-7-16(18)3/h4-12H,13H2,1-3H3,(H,23,28). The van der Waals surface area contributed by atoms with Gasteiger partial charge < -0.3 is 5.32 Å². The molecule has 0 aliphatic rings. The molecule has 1 amide bonds. The molecule has 140 valence electrons. The summed E-state index contributed by atoms with van der Waals surface area (Å²) in [6, 6.07) is 17.8. The fourth-order valence-electron chi connectivity index (χ4n) is 3.06. The lowest BCUT2D eigenvalue weighted by atomic mass is 10.1. The third-order valence-corrected chi connectivity index (χ3v) is 4.72. The van der Waals surface area contributed by atoms with Crippen molar-refractivity contribution in [2.24, 2.45) is 0 Å². The van der Waals surface area contributed by atoms with E-state index in [0.717, 1.165) is 22.4 Å². The summed E-state index contributed by atoms with van der Waals surface area (Å²) in [5.41, 5.74) is 6.35. The number of hydrogen-bond donors (Lipinski definition) is 1. The van der Waals surface area contributed by atoms with Crippen molar-refractivity contribution in [1.29, 1.82) is 0 Å². The van der Waals surface area contributed by atoms with Gasteiger partial charge in [-0.3, -0.25) is 4.79 Å². The maximum Gasteiger partial charge on any atom is 0.251 e. The molecule has 4 aromatic rings. The Labute approximate surface area is 163 Å². The van der Waals surface area contributed by atoms with Gasteiger partial charge >= 0.3 is 0 Å². The molecule has 2 aromatic heterocycles. The highest BCUT2D eigenvalue weighted by Gasteiger charge is 2.13. The van der Waals surface area contributed by atoms with Gasteiger partial charge in [0.1, 0.15) is 0 Å². The summed E-state index contributed by atoms with van der Waals surface area (Å²) < 4.78 is 1.68. The van der Waals surface area contributed by atoms with E-state index in [0.29, 0.717) is 17.0 Å². The second-order valence-electron chi connectivity index (χ2n) is 6.97. The van der Waals surface area contributed by atoms with Crippen molar-refractivity contribution in [2.75, 3.05) is 0 Å². The molecule has 6 heteroatoms. The van der Waals surface area contributed by atoms with E-state index in [1.807, 2.05) is 56.3 Å². The average molecular weight is 371 g/mol. The van der Waals surface area contributed by atoms with Crippen LogP contribution in [-0.4, -0.2) is 25.7 Å². The SMILES string of the molecule is Cc1ccc(-c2ccc3nnc(CNC(=O)c4cc(C)ccc4C)n3n2)cc1. The largest absolute Gasteiger partial charge is 0.345 e. The molecule has 0 aliphatic carbocycles. The van der Waals surface area contributed by atoms with Crippen molar-refractivity contribution in [3.63, 3.8) is 0 Å². The van der Waals surface area contributed by atoms with Gasteiger partial charge in [0, 0.05) is 11.1 Å². The first kappa shape index (κ1) is 17.9. The van der Waals surface area contributed by atoms with E-state index in [4.69, 9.17) is 0 Å². The van der Waals surface area contributed by atoms with Crippen LogP contribution in [0.1, 0.15) is 32.9 Å². The van der Waals surface area contributed by atoms with Gasteiger partial charge in [-0.05, 0) is 44.5 Å². The predicted molar refractivity (Wildman–Crippen MR) is 108 cm³/mol. The Kier molecular flexibility index (Phi) is 4.61. The van der Waals surface area contributed by atoms with Crippen LogP contribution in [0, 0.1) is 20.8 Å². The summed E-state index contributed by atoms with van der Waals surface area (Å²) >= 11 is 0. The number of carbonyl (C=O) groups excluding carboxylic acids is 1. The van der Waals surface area contributed by atoms with E-state index in [1.165, 1.54) is 5.56 Å². The van der Waals surface area contributed by atoms with Crippen molar-refractivity contribution in [1.82, 2.24) is 25.1 Å². The summed E-state index contributed by atoms with van der Waals surface area (Å²) in [5, 5.41) is 15.9. The zero-order valence-electron chi connectivity index (χ0n) is 16.1. The molecule has 2 aromatic carbocycles. The van der Waals surface area contributed by atoms with Crippen molar-refractivity contribution in [3.05, 3.63) is 82.7 Å². The van der Waals surface area contributed by atoms with Gasteiger partial charge in [-0.15, -0.1) is 10.2 Å². The molecule has 0 unspecified atom stereocenters. The van der Waals surface area contributed by atoms with Crippen molar-refractivity contribution < 1.29 is 4.79 Å². The molecule has 28 heavy (non-hydrogen) atoms. The van der Waals surface area contributed by atoms with Crippen LogP contribution in [0.4, 0.5) is 0 Å². The number of nitrogens with zero attached hydrogens (tertiary/aromatic N) is 4. The number of rotatable bonds is 4. The summed E-state index contributed by atoms with van der Waals surface area (Å²) in [7, 11) is 0. The third kappa shape index (κ3) is 3.49. The van der Waals surface area contributed by atoms with E-state index in [-0.39, 0.29) is 12.5 Å². The summed E-state index contributed by atoms with van der Waals surface area (Å²) in [6.45, 7) is 6.20. The molecular formula is C22H21N5O. The molecule has 0 saturated heterocycles. The Morgan fingerprint density at radius 1 is 0.929 bits per heavy atom. The van der Waals surface area contributed by atoms with Crippen LogP contribution in [0.5, 0.6) is 0 Å². The number of carbonyl (C=O) groups is 1. The fourth-order valence-corrected chi connectivity index (χ4v) is 3.06. The van der Waals surface area contributed by atoms with E-state index in [1.54, 1.807) is 4.52 Å². The molecule has 0 bridgehead atoms. The third-order valence-electron chi connectivity index (χ3n) is 4.72. The highest BCUT2D eigenvalue weighted by atomic mass is 16.1. The number of hydrogen-bond acceptors (Lipinski definition) is 4. The molecule has 0 saturated carbocycles. The van der Waals surface area contributed by atoms with Gasteiger partial charge in [-0.1, -0.05) is 47.5 Å². The normalized spacial score (nSPS) is 11.0. The quantitative estimate of drug-likeness (QED) is 0.594. The predicted octanol–water partition coefficient (Wildman–Crippen LogP) is 3.65. The summed E-state index contributed by atoms with van der Waals surface area (Å²) in [6.07, 6.45) is 0. The molecule has 6 nitrogen and oxygen atoms in total. The number of amides is 1. The minimum Gasteiger partial charge on any atom is -0.345 e. The van der Waals surface area contributed by atoms with Crippen molar-refractivity contribution in [2.45, 2.75) is 27.3 Å². The van der Waals surface area contributed by atoms with Crippen LogP contribution in [0.15, 0.2) is 54.6 Å². The van der Waals surface area contributed by atoms with E-state index < -0.39 is 0 Å². The Hall–Kier alpha value is -3.54. The molecule has 0 aliphatic heterocycles. The van der Waals surface area contributed by atoms with Gasteiger partial charge in [-0.25, -0.2) is 0 Å². The highest BCUT2D eigenvalue weighted by molar-refractivity contribution is 5.95. The van der Waals surface area contributed by atoms with E-state index in [2.05, 4.69) is 39.7 Å². The van der Waals surface area contributed by atoms with Gasteiger partial charge in [0.05, 0.1) is 12.2 Å². The lowest BCUT2D eigenvalue weighted by Gasteiger charge is -2.08. The van der Waals surface area contributed by atoms with E-state index in [9.17, 15) is 4.79 Å². The van der Waals surface area contributed by atoms with Crippen LogP contribution in [0.2, 0.25) is 0 Å². The smallest absolute Gasteiger partial charge is 0.251 e. The Morgan fingerprint density at radius 2 is 1.68 bits per heavy atom. The van der Waals surface area contributed by atoms with Crippen LogP contribution in [0.25, 0.3) is 16.9 Å². The van der Waals surface area contributed by atoms with Crippen LogP contribution in [-0.2, 0) is 6.54 Å². The maximum absolute atomic E-state index is 12.6. The lowest BCUT2D eigenvalue weighted by molar-refractivity contribution is 0.0949. The molecule has 2 heterocycles. The van der Waals surface area contributed by atoms with Gasteiger partial charge in [0.15, 0.2) is 11.5 Å². The second kappa shape index (κ2) is 7.23. The van der Waals surface area contributed by atoms with Gasteiger partial charge in [0.2, 0.25) is 0 Å². The molecule has 1 N–H and O–H groups in total. The monoisotopic (exact) mass is 371 g/mol. The molecule has 4 rings (SSSR count). The molecular weight excluding hydrogens is 350 g/mol. The highest BCUT2D eigenvalue weighted by Crippen LogP contribution is 2.18. The van der Waals surface area contributed by atoms with Gasteiger partial charge in [-0.2, -0.15) is 9.61 Å². The first-order valence-electron chi connectivity index (χ1n) is 9.15. The zero-order valence-corrected chi connectivity index (χ0v) is 16.1. The summed E-state index contributed by atoms with van der Waals surface area (Å²) in [5.74, 6) is 0.454. The molecule has 0 fully saturated rings. The van der Waals surface area contributed by atoms with Crippen LogP contribution in [0.3, 0.4) is 0 Å². The topological polar surface area (TPSA) is 72.2 Å². The van der Waals surface area contributed by atoms with Crippen molar-refractivity contribution >= 4 is 11.6 Å². The minimum atomic E-state index is -0.132. The molecule has 0 radical (unpaired) electrons. The first-order valence-corrected chi connectivity index (χ1v) is 9.15. The number of aryl methyl sites for hydroxylation is 3. The number of aromatic nitrogens is 4. The van der Waals surface area contributed by atoms with E-state index >= 15 is 0 Å². The van der Waals surface area contributed by atoms with Crippen molar-refractivity contribution in [3.8, 4) is 11.3 Å². The molecule has 0 atom stereocenters.